The first kappa shape index (κ1) is 57.0. The molecule has 5 N–H and O–H groups in total. The minimum absolute atomic E-state index is 0.0250. The molecular weight excluding hydrogens is 811 g/mol. The molecule has 348 valence electrons. The van der Waals surface area contributed by atoms with Gasteiger partial charge in [-0.1, -0.05) is 26.7 Å². The number of carboxylic acids is 1. The third kappa shape index (κ3) is 26.2. The largest absolute Gasteiger partial charge is 0.481 e. The van der Waals surface area contributed by atoms with Gasteiger partial charge < -0.3 is 33.8 Å². The van der Waals surface area contributed by atoms with Gasteiger partial charge in [0.05, 0.1) is 31.0 Å². The molecule has 0 aromatic heterocycles. The molecule has 16 nitrogen and oxygen atoms in total. The van der Waals surface area contributed by atoms with Crippen molar-refractivity contribution in [2.24, 2.45) is 47.3 Å². The van der Waals surface area contributed by atoms with E-state index in [0.717, 1.165) is 102 Å². The van der Waals surface area contributed by atoms with Gasteiger partial charge in [-0.3, -0.25) is 32.8 Å². The maximum Gasteiger partial charge on any atom is 0.394 e. The highest BCUT2D eigenvalue weighted by Crippen LogP contribution is 2.47. The number of aliphatic carboxylic acids is 1. The van der Waals surface area contributed by atoms with Crippen LogP contribution in [0.5, 0.6) is 0 Å². The van der Waals surface area contributed by atoms with Crippen LogP contribution in [0.2, 0.25) is 0 Å². The molecule has 18 heteroatoms. The Morgan fingerprint density at radius 3 is 1.08 bits per heavy atom. The zero-order valence-electron chi connectivity index (χ0n) is 36.5. The number of Topliss-reactive ketones (excluding diaryl/α,β-unsaturated/α-hetero) is 1. The van der Waals surface area contributed by atoms with E-state index in [1.165, 1.54) is 39.9 Å². The molecule has 0 radical (unpaired) electrons. The topological polar surface area (TPSA) is 258 Å². The van der Waals surface area contributed by atoms with Crippen LogP contribution < -0.4 is 0 Å². The molecular formula is C41H77O16PS. The highest BCUT2D eigenvalue weighted by Gasteiger charge is 2.32. The Hall–Kier alpha value is -1.98. The first-order valence-electron chi connectivity index (χ1n) is 21.5. The summed E-state index contributed by atoms with van der Waals surface area (Å²) in [5.74, 6) is 1.88. The minimum Gasteiger partial charge on any atom is -0.481 e. The number of carbonyl (C=O) groups is 4. The molecule has 0 heterocycles. The van der Waals surface area contributed by atoms with Crippen LogP contribution in [0.3, 0.4) is 0 Å². The predicted molar refractivity (Wildman–Crippen MR) is 223 cm³/mol. The number of rotatable bonds is 14. The number of carbonyl (C=O) groups excluding carboxylic acids is 3. The number of ether oxygens (including phenoxy) is 2. The van der Waals surface area contributed by atoms with E-state index in [4.69, 9.17) is 51.4 Å². The Labute approximate surface area is 353 Å². The number of esters is 2. The van der Waals surface area contributed by atoms with E-state index in [1.807, 2.05) is 13.8 Å². The summed E-state index contributed by atoms with van der Waals surface area (Å²) in [4.78, 5) is 45.2. The summed E-state index contributed by atoms with van der Waals surface area (Å²) >= 11 is 0. The lowest BCUT2D eigenvalue weighted by atomic mass is 9.79. The summed E-state index contributed by atoms with van der Waals surface area (Å²) in [6.07, 6.45) is 17.8. The zero-order chi connectivity index (χ0) is 45.0. The Balaban J connectivity index is 0.000000738. The van der Waals surface area contributed by atoms with E-state index in [1.54, 1.807) is 0 Å². The quantitative estimate of drug-likeness (QED) is 0.0639. The lowest BCUT2D eigenvalue weighted by Crippen LogP contribution is -2.24. The van der Waals surface area contributed by atoms with E-state index in [0.29, 0.717) is 25.0 Å². The van der Waals surface area contributed by atoms with Crippen molar-refractivity contribution in [3.8, 4) is 0 Å². The minimum atomic E-state index is -4.67. The molecule has 4 aliphatic rings. The fourth-order valence-electron chi connectivity index (χ4n) is 7.92. The second-order valence-corrected chi connectivity index (χ2v) is 19.1. The molecule has 4 saturated carbocycles. The lowest BCUT2D eigenvalue weighted by Gasteiger charge is -2.27. The highest BCUT2D eigenvalue weighted by atomic mass is 32.3. The van der Waals surface area contributed by atoms with Gasteiger partial charge in [0.1, 0.15) is 11.9 Å². The maximum atomic E-state index is 12.0. The number of ketones is 1. The van der Waals surface area contributed by atoms with Crippen molar-refractivity contribution in [3.05, 3.63) is 0 Å². The number of aliphatic hydroxyl groups is 2. The van der Waals surface area contributed by atoms with Crippen LogP contribution in [0.25, 0.3) is 0 Å². The number of hydrogen-bond acceptors (Lipinski definition) is 13. The molecule has 4 fully saturated rings. The smallest absolute Gasteiger partial charge is 0.394 e. The van der Waals surface area contributed by atoms with Crippen LogP contribution in [0.1, 0.15) is 143 Å². The van der Waals surface area contributed by atoms with E-state index >= 15 is 0 Å². The number of hydrogen-bond donors (Lipinski definition) is 5. The molecule has 0 aromatic rings. The summed E-state index contributed by atoms with van der Waals surface area (Å²) in [5, 5.41) is 26.3. The molecule has 0 unspecified atom stereocenters. The highest BCUT2D eigenvalue weighted by molar-refractivity contribution is 7.79. The second-order valence-electron chi connectivity index (χ2n) is 15.9. The van der Waals surface area contributed by atoms with Crippen molar-refractivity contribution in [3.63, 3.8) is 0 Å². The van der Waals surface area contributed by atoms with Gasteiger partial charge in [0.25, 0.3) is 0 Å². The van der Waals surface area contributed by atoms with Gasteiger partial charge in [0.2, 0.25) is 0 Å². The fraction of sp³-hybridized carbons (Fsp3) is 0.902. The van der Waals surface area contributed by atoms with E-state index in [9.17, 15) is 23.7 Å². The second kappa shape index (κ2) is 31.8. The molecule has 0 atom stereocenters. The van der Waals surface area contributed by atoms with Crippen molar-refractivity contribution >= 4 is 41.7 Å². The Morgan fingerprint density at radius 2 is 0.831 bits per heavy atom. The van der Waals surface area contributed by atoms with Crippen LogP contribution in [-0.2, 0) is 52.7 Å². The van der Waals surface area contributed by atoms with Gasteiger partial charge in [-0.25, -0.2) is 0 Å². The van der Waals surface area contributed by atoms with Crippen molar-refractivity contribution < 1.29 is 75.1 Å². The lowest BCUT2D eigenvalue weighted by molar-refractivity contribution is -0.150. The van der Waals surface area contributed by atoms with Crippen LogP contribution in [0.15, 0.2) is 0 Å². The monoisotopic (exact) mass is 888 g/mol. The van der Waals surface area contributed by atoms with Crippen molar-refractivity contribution in [2.45, 2.75) is 143 Å². The molecule has 4 rings (SSSR count). The van der Waals surface area contributed by atoms with Gasteiger partial charge in [-0.2, -0.15) is 8.42 Å². The van der Waals surface area contributed by atoms with E-state index in [2.05, 4.69) is 13.8 Å². The van der Waals surface area contributed by atoms with Crippen LogP contribution in [0.4, 0.5) is 0 Å². The Morgan fingerprint density at radius 1 is 0.542 bits per heavy atom. The summed E-state index contributed by atoms with van der Waals surface area (Å²) in [6, 6.07) is 0. The van der Waals surface area contributed by atoms with E-state index < -0.39 is 24.0 Å². The first-order valence-corrected chi connectivity index (χ1v) is 24.7. The van der Waals surface area contributed by atoms with Gasteiger partial charge >= 0.3 is 35.9 Å². The van der Waals surface area contributed by atoms with Crippen LogP contribution in [0, 0.1) is 47.3 Å². The fourth-order valence-corrected chi connectivity index (χ4v) is 8.96. The summed E-state index contributed by atoms with van der Waals surface area (Å²) in [5.41, 5.74) is 0. The van der Waals surface area contributed by atoms with E-state index in [-0.39, 0.29) is 60.8 Å². The number of aliphatic hydroxyl groups excluding tert-OH is 2. The van der Waals surface area contributed by atoms with Gasteiger partial charge in [-0.05, 0) is 140 Å². The molecule has 59 heavy (non-hydrogen) atoms. The summed E-state index contributed by atoms with van der Waals surface area (Å²) in [7, 11) is -5.19. The molecule has 0 aliphatic heterocycles. The molecule has 4 aliphatic carbocycles. The predicted octanol–water partition coefficient (Wildman–Crippen LogP) is 7.59. The maximum absolute atomic E-state index is 12.0. The molecule has 0 aromatic carbocycles. The SMILES string of the molecule is CCC1CCC(C(=O)CP(=O)(OC)OC)CC1.CCOC(=O)C1CCC(CC)CC1.CCOC(=O)C1CCC(CO)CC1.O=C(O)C1CCC(CO)CC1.O=S(=O)(O)O. The van der Waals surface area contributed by atoms with Gasteiger partial charge in [0, 0.05) is 33.4 Å². The van der Waals surface area contributed by atoms with Gasteiger partial charge in [-0.15, -0.1) is 0 Å². The molecule has 0 saturated heterocycles. The third-order valence-electron chi connectivity index (χ3n) is 12.0. The van der Waals surface area contributed by atoms with Crippen molar-refractivity contribution in [1.82, 2.24) is 0 Å². The molecule has 0 bridgehead atoms. The average molecular weight is 889 g/mol. The summed E-state index contributed by atoms with van der Waals surface area (Å²) in [6.45, 7) is 9.59. The Kier molecular flexibility index (Phi) is 30.7. The third-order valence-corrected chi connectivity index (χ3v) is 13.8. The first-order chi connectivity index (χ1) is 27.8. The van der Waals surface area contributed by atoms with Crippen LogP contribution in [-0.4, -0.2) is 103 Å². The van der Waals surface area contributed by atoms with Crippen LogP contribution >= 0.6 is 7.60 Å². The zero-order valence-corrected chi connectivity index (χ0v) is 38.2. The summed E-state index contributed by atoms with van der Waals surface area (Å²) < 4.78 is 63.0. The van der Waals surface area contributed by atoms with Crippen molar-refractivity contribution in [1.29, 1.82) is 0 Å². The average Bonchev–Trinajstić information content (AvgIpc) is 3.24. The normalized spacial score (nSPS) is 26.9. The molecule has 0 amide bonds. The number of carboxylic acid groups (broad SMARTS) is 1. The molecule has 0 spiro atoms. The van der Waals surface area contributed by atoms with Crippen molar-refractivity contribution in [2.75, 3.05) is 46.8 Å². The standard InChI is InChI=1S/C12H23O4P.C11H20O2.C10H18O3.C8H14O3.H2O4S/c1-4-10-5-7-11(8-6-10)12(13)9-17(14,15-2)16-3;1-3-9-5-7-10(8-6-9)11(12)13-4-2;1-2-13-10(12)9-5-3-8(7-11)4-6-9;9-5-6-1-3-7(4-2-6)8(10)11;1-5(2,3)4/h10-11H,4-9H2,1-3H3;9-10H,3-8H2,1-2H3;8-9,11H,2-7H2,1H3;6-7,9H,1-5H2,(H,10,11);(H2,1,2,3,4). The Bertz CT molecular complexity index is 1260. The van der Waals surface area contributed by atoms with Gasteiger partial charge in [0.15, 0.2) is 0 Å².